The Hall–Kier alpha value is -1.69. The number of hydrogen-bond acceptors (Lipinski definition) is 4. The first-order valence-electron chi connectivity index (χ1n) is 4.92. The molecule has 0 saturated carbocycles. The second kappa shape index (κ2) is 4.44. The molecule has 0 aliphatic rings. The van der Waals surface area contributed by atoms with Crippen molar-refractivity contribution in [1.29, 1.82) is 0 Å². The third-order valence-electron chi connectivity index (χ3n) is 2.13. The van der Waals surface area contributed by atoms with Crippen LogP contribution in [-0.4, -0.2) is 14.5 Å². The third kappa shape index (κ3) is 2.27. The fourth-order valence-corrected chi connectivity index (χ4v) is 2.06. The first kappa shape index (κ1) is 10.8. The summed E-state index contributed by atoms with van der Waals surface area (Å²) in [4.78, 5) is 28.8. The topological polar surface area (TPSA) is 67.8 Å². The molecule has 1 N–H and O–H groups in total. The van der Waals surface area contributed by atoms with Gasteiger partial charge >= 0.3 is 5.69 Å². The first-order chi connectivity index (χ1) is 7.69. The van der Waals surface area contributed by atoms with Crippen LogP contribution in [0, 0.1) is 0 Å². The van der Waals surface area contributed by atoms with E-state index in [0.29, 0.717) is 6.54 Å². The van der Waals surface area contributed by atoms with Crippen molar-refractivity contribution in [1.82, 2.24) is 14.5 Å². The summed E-state index contributed by atoms with van der Waals surface area (Å²) in [6, 6.07) is 1.33. The summed E-state index contributed by atoms with van der Waals surface area (Å²) in [7, 11) is 0. The van der Waals surface area contributed by atoms with E-state index in [1.165, 1.54) is 16.8 Å². The number of aryl methyl sites for hydroxylation is 1. The number of aromatic nitrogens is 3. The van der Waals surface area contributed by atoms with E-state index in [2.05, 4.69) is 9.97 Å². The summed E-state index contributed by atoms with van der Waals surface area (Å²) in [5, 5.41) is 2.98. The number of aromatic amines is 1. The maximum atomic E-state index is 11.4. The summed E-state index contributed by atoms with van der Waals surface area (Å²) in [6.07, 6.45) is 2.37. The fourth-order valence-electron chi connectivity index (χ4n) is 1.33. The van der Waals surface area contributed by atoms with E-state index in [-0.39, 0.29) is 5.56 Å². The summed E-state index contributed by atoms with van der Waals surface area (Å²) in [5.74, 6) is 0. The highest BCUT2D eigenvalue weighted by molar-refractivity contribution is 7.09. The lowest BCUT2D eigenvalue weighted by Crippen LogP contribution is -2.28. The lowest BCUT2D eigenvalue weighted by molar-refractivity contribution is 0.706. The lowest BCUT2D eigenvalue weighted by atomic mass is 10.4. The molecular formula is C10H11N3O2S. The Balaban J connectivity index is 2.27. The molecule has 16 heavy (non-hydrogen) atoms. The Morgan fingerprint density at radius 1 is 1.50 bits per heavy atom. The molecule has 2 aromatic heterocycles. The molecule has 5 nitrogen and oxygen atoms in total. The zero-order valence-corrected chi connectivity index (χ0v) is 9.58. The average Bonchev–Trinajstić information content (AvgIpc) is 2.70. The molecule has 0 radical (unpaired) electrons. The van der Waals surface area contributed by atoms with E-state index >= 15 is 0 Å². The zero-order chi connectivity index (χ0) is 11.5. The lowest BCUT2D eigenvalue weighted by Gasteiger charge is -2.00. The van der Waals surface area contributed by atoms with E-state index in [9.17, 15) is 9.59 Å². The Morgan fingerprint density at radius 2 is 2.31 bits per heavy atom. The molecular weight excluding hydrogens is 226 g/mol. The highest BCUT2D eigenvalue weighted by Gasteiger charge is 2.02. The van der Waals surface area contributed by atoms with Gasteiger partial charge in [0.25, 0.3) is 5.56 Å². The van der Waals surface area contributed by atoms with Crippen LogP contribution in [0.25, 0.3) is 0 Å². The molecule has 0 aromatic carbocycles. The maximum Gasteiger partial charge on any atom is 0.328 e. The van der Waals surface area contributed by atoms with E-state index in [1.807, 2.05) is 12.3 Å². The second-order valence-electron chi connectivity index (χ2n) is 3.32. The summed E-state index contributed by atoms with van der Waals surface area (Å²) >= 11 is 1.58. The molecule has 0 spiro atoms. The molecule has 0 unspecified atom stereocenters. The number of hydrogen-bond donors (Lipinski definition) is 1. The normalized spacial score (nSPS) is 10.6. The van der Waals surface area contributed by atoms with Gasteiger partial charge in [-0.15, -0.1) is 11.3 Å². The molecule has 0 amide bonds. The van der Waals surface area contributed by atoms with Crippen LogP contribution in [0.3, 0.4) is 0 Å². The van der Waals surface area contributed by atoms with E-state index in [4.69, 9.17) is 0 Å². The third-order valence-corrected chi connectivity index (χ3v) is 3.17. The SMILES string of the molecule is CCc1nc(Cn2ccc(=O)[nH]c2=O)cs1. The van der Waals surface area contributed by atoms with E-state index < -0.39 is 5.69 Å². The largest absolute Gasteiger partial charge is 0.328 e. The van der Waals surface area contributed by atoms with Gasteiger partial charge < -0.3 is 0 Å². The number of nitrogens with zero attached hydrogens (tertiary/aromatic N) is 2. The van der Waals surface area contributed by atoms with Gasteiger partial charge in [-0.25, -0.2) is 9.78 Å². The minimum absolute atomic E-state index is 0.381. The molecule has 2 aromatic rings. The molecule has 0 aliphatic heterocycles. The van der Waals surface area contributed by atoms with Crippen LogP contribution in [0.4, 0.5) is 0 Å². The van der Waals surface area contributed by atoms with Crippen molar-refractivity contribution in [3.05, 3.63) is 49.2 Å². The molecule has 0 saturated heterocycles. The van der Waals surface area contributed by atoms with Crippen LogP contribution >= 0.6 is 11.3 Å². The molecule has 2 rings (SSSR count). The van der Waals surface area contributed by atoms with Crippen LogP contribution in [0.1, 0.15) is 17.6 Å². The predicted molar refractivity (Wildman–Crippen MR) is 61.9 cm³/mol. The molecule has 2 heterocycles. The minimum Gasteiger partial charge on any atom is -0.295 e. The minimum atomic E-state index is -0.404. The van der Waals surface area contributed by atoms with Crippen molar-refractivity contribution < 1.29 is 0 Å². The quantitative estimate of drug-likeness (QED) is 0.850. The van der Waals surface area contributed by atoms with E-state index in [0.717, 1.165) is 17.1 Å². The highest BCUT2D eigenvalue weighted by Crippen LogP contribution is 2.10. The molecule has 84 valence electrons. The summed E-state index contributed by atoms with van der Waals surface area (Å²) < 4.78 is 1.43. The Kier molecular flexibility index (Phi) is 3.00. The average molecular weight is 237 g/mol. The maximum absolute atomic E-state index is 11.4. The van der Waals surface area contributed by atoms with Gasteiger partial charge in [0.1, 0.15) is 0 Å². The van der Waals surface area contributed by atoms with Gasteiger partial charge in [-0.2, -0.15) is 0 Å². The van der Waals surface area contributed by atoms with Gasteiger partial charge in [-0.1, -0.05) is 6.92 Å². The molecule has 0 bridgehead atoms. The predicted octanol–water partition coefficient (Wildman–Crippen LogP) is 0.604. The van der Waals surface area contributed by atoms with Gasteiger partial charge in [-0.3, -0.25) is 14.3 Å². The van der Waals surface area contributed by atoms with Crippen LogP contribution < -0.4 is 11.2 Å². The van der Waals surface area contributed by atoms with Crippen LogP contribution in [0.5, 0.6) is 0 Å². The van der Waals surface area contributed by atoms with Gasteiger partial charge in [0.05, 0.1) is 17.2 Å². The molecule has 0 aliphatic carbocycles. The molecule has 6 heteroatoms. The second-order valence-corrected chi connectivity index (χ2v) is 4.27. The molecule has 0 fully saturated rings. The number of H-pyrrole nitrogens is 1. The summed E-state index contributed by atoms with van der Waals surface area (Å²) in [6.45, 7) is 2.43. The van der Waals surface area contributed by atoms with Crippen LogP contribution in [0.15, 0.2) is 27.2 Å². The smallest absolute Gasteiger partial charge is 0.295 e. The Labute approximate surface area is 95.4 Å². The van der Waals surface area contributed by atoms with Gasteiger partial charge in [0.2, 0.25) is 0 Å². The van der Waals surface area contributed by atoms with E-state index in [1.54, 1.807) is 11.3 Å². The van der Waals surface area contributed by atoms with Crippen molar-refractivity contribution in [2.75, 3.05) is 0 Å². The summed E-state index contributed by atoms with van der Waals surface area (Å²) in [5.41, 5.74) is 0.0586. The Morgan fingerprint density at radius 3 is 2.94 bits per heavy atom. The highest BCUT2D eigenvalue weighted by atomic mass is 32.1. The van der Waals surface area contributed by atoms with Crippen LogP contribution in [-0.2, 0) is 13.0 Å². The van der Waals surface area contributed by atoms with Crippen molar-refractivity contribution >= 4 is 11.3 Å². The molecule has 0 atom stereocenters. The number of nitrogens with one attached hydrogen (secondary N) is 1. The van der Waals surface area contributed by atoms with Crippen molar-refractivity contribution in [3.63, 3.8) is 0 Å². The van der Waals surface area contributed by atoms with Crippen molar-refractivity contribution in [3.8, 4) is 0 Å². The Bertz CT molecular complexity index is 596. The number of thiazole rings is 1. The van der Waals surface area contributed by atoms with Crippen molar-refractivity contribution in [2.24, 2.45) is 0 Å². The fraction of sp³-hybridized carbons (Fsp3) is 0.300. The van der Waals surface area contributed by atoms with Crippen LogP contribution in [0.2, 0.25) is 0 Å². The first-order valence-corrected chi connectivity index (χ1v) is 5.80. The van der Waals surface area contributed by atoms with Gasteiger partial charge in [0.15, 0.2) is 0 Å². The monoisotopic (exact) mass is 237 g/mol. The number of rotatable bonds is 3. The standard InChI is InChI=1S/C10H11N3O2S/c1-2-9-11-7(6-16-9)5-13-4-3-8(14)12-10(13)15/h3-4,6H,2,5H2,1H3,(H,12,14,15). The van der Waals surface area contributed by atoms with Gasteiger partial charge in [0, 0.05) is 17.6 Å². The van der Waals surface area contributed by atoms with Crippen molar-refractivity contribution in [2.45, 2.75) is 19.9 Å². The van der Waals surface area contributed by atoms with Gasteiger partial charge in [-0.05, 0) is 6.42 Å². The zero-order valence-electron chi connectivity index (χ0n) is 8.77.